The quantitative estimate of drug-likeness (QED) is 0.622. The van der Waals surface area contributed by atoms with Crippen molar-refractivity contribution in [3.63, 3.8) is 0 Å². The molecule has 6 nitrogen and oxygen atoms in total. The Bertz CT molecular complexity index is 410. The van der Waals surface area contributed by atoms with Gasteiger partial charge in [0.2, 0.25) is 0 Å². The van der Waals surface area contributed by atoms with Crippen molar-refractivity contribution in [1.82, 2.24) is 4.98 Å². The third-order valence-corrected chi connectivity index (χ3v) is 1.81. The van der Waals surface area contributed by atoms with Crippen LogP contribution in [0.3, 0.4) is 0 Å². The van der Waals surface area contributed by atoms with Gasteiger partial charge in [-0.15, -0.1) is 0 Å². The van der Waals surface area contributed by atoms with Crippen molar-refractivity contribution in [2.45, 2.75) is 12.3 Å². The van der Waals surface area contributed by atoms with Gasteiger partial charge in [-0.25, -0.2) is 4.98 Å². The maximum atomic E-state index is 11.9. The number of hydrogen-bond acceptors (Lipinski definition) is 5. The predicted octanol–water partition coefficient (Wildman–Crippen LogP) is 1.32. The van der Waals surface area contributed by atoms with E-state index in [0.717, 1.165) is 18.3 Å². The summed E-state index contributed by atoms with van der Waals surface area (Å²) in [6.45, 7) is -0.822. The Labute approximate surface area is 93.2 Å². The first-order valence-corrected chi connectivity index (χ1v) is 4.40. The lowest BCUT2D eigenvalue weighted by atomic mass is 10.3. The van der Waals surface area contributed by atoms with Crippen molar-refractivity contribution >= 4 is 11.5 Å². The molecule has 0 radical (unpaired) electrons. The summed E-state index contributed by atoms with van der Waals surface area (Å²) < 4.78 is 35.8. The summed E-state index contributed by atoms with van der Waals surface area (Å²) >= 11 is 0. The van der Waals surface area contributed by atoms with Crippen LogP contribution >= 0.6 is 0 Å². The number of aliphatic hydroxyl groups is 1. The van der Waals surface area contributed by atoms with Crippen LogP contribution in [0.4, 0.5) is 24.7 Å². The molecule has 17 heavy (non-hydrogen) atoms. The van der Waals surface area contributed by atoms with E-state index in [9.17, 15) is 23.3 Å². The monoisotopic (exact) mass is 251 g/mol. The van der Waals surface area contributed by atoms with E-state index in [0.29, 0.717) is 0 Å². The van der Waals surface area contributed by atoms with Crippen LogP contribution in [-0.4, -0.2) is 33.8 Å². The molecule has 1 aromatic heterocycles. The van der Waals surface area contributed by atoms with E-state index < -0.39 is 23.7 Å². The van der Waals surface area contributed by atoms with E-state index in [-0.39, 0.29) is 11.5 Å². The molecule has 2 N–H and O–H groups in total. The average Bonchev–Trinajstić information content (AvgIpc) is 2.25. The van der Waals surface area contributed by atoms with Gasteiger partial charge >= 0.3 is 6.18 Å². The zero-order valence-corrected chi connectivity index (χ0v) is 8.31. The van der Waals surface area contributed by atoms with Crippen LogP contribution in [0.25, 0.3) is 0 Å². The van der Waals surface area contributed by atoms with Crippen LogP contribution in [0.1, 0.15) is 0 Å². The molecular formula is C8H8F3N3O3. The van der Waals surface area contributed by atoms with Gasteiger partial charge < -0.3 is 10.4 Å². The van der Waals surface area contributed by atoms with Gasteiger partial charge in [0.25, 0.3) is 5.69 Å². The van der Waals surface area contributed by atoms with Crippen molar-refractivity contribution in [2.75, 3.05) is 11.9 Å². The minimum absolute atomic E-state index is 0.109. The maximum absolute atomic E-state index is 11.9. The number of nitrogens with zero attached hydrogens (tertiary/aromatic N) is 2. The topological polar surface area (TPSA) is 88.3 Å². The van der Waals surface area contributed by atoms with E-state index in [2.05, 4.69) is 10.3 Å². The molecule has 1 atom stereocenters. The highest BCUT2D eigenvalue weighted by Gasteiger charge is 2.37. The molecular weight excluding hydrogens is 243 g/mol. The summed E-state index contributed by atoms with van der Waals surface area (Å²) in [5.41, 5.74) is -0.302. The number of alkyl halides is 3. The number of aliphatic hydroxyl groups excluding tert-OH is 1. The van der Waals surface area contributed by atoms with E-state index >= 15 is 0 Å². The predicted molar refractivity (Wildman–Crippen MR) is 51.4 cm³/mol. The number of pyridine rings is 1. The second-order valence-electron chi connectivity index (χ2n) is 3.09. The van der Waals surface area contributed by atoms with Crippen LogP contribution in [0.5, 0.6) is 0 Å². The largest absolute Gasteiger partial charge is 0.416 e. The third-order valence-electron chi connectivity index (χ3n) is 1.81. The SMILES string of the molecule is O=[N+]([O-])c1ccnc(NCC(O)C(F)(F)F)c1. The molecule has 9 heteroatoms. The highest BCUT2D eigenvalue weighted by Crippen LogP contribution is 2.20. The molecule has 0 amide bonds. The van der Waals surface area contributed by atoms with Crippen molar-refractivity contribution in [1.29, 1.82) is 0 Å². The average molecular weight is 251 g/mol. The molecule has 0 aliphatic heterocycles. The first-order chi connectivity index (χ1) is 7.80. The molecule has 0 saturated heterocycles. The summed E-state index contributed by atoms with van der Waals surface area (Å²) in [4.78, 5) is 13.3. The van der Waals surface area contributed by atoms with Crippen LogP contribution in [0.2, 0.25) is 0 Å². The fourth-order valence-electron chi connectivity index (χ4n) is 0.947. The highest BCUT2D eigenvalue weighted by molar-refractivity contribution is 5.44. The molecule has 0 saturated carbocycles. The number of halogens is 3. The van der Waals surface area contributed by atoms with Crippen molar-refractivity contribution in [3.05, 3.63) is 28.4 Å². The van der Waals surface area contributed by atoms with Gasteiger partial charge in [-0.3, -0.25) is 10.1 Å². The number of nitrogens with one attached hydrogen (secondary N) is 1. The lowest BCUT2D eigenvalue weighted by molar-refractivity contribution is -0.384. The molecule has 0 aliphatic rings. The molecule has 0 spiro atoms. The summed E-state index contributed by atoms with van der Waals surface area (Å²) in [6.07, 6.45) is -6.21. The minimum atomic E-state index is -4.74. The number of nitro groups is 1. The summed E-state index contributed by atoms with van der Waals surface area (Å²) in [7, 11) is 0. The Morgan fingerprint density at radius 3 is 2.76 bits per heavy atom. The zero-order chi connectivity index (χ0) is 13.1. The Morgan fingerprint density at radius 2 is 2.24 bits per heavy atom. The van der Waals surface area contributed by atoms with E-state index in [4.69, 9.17) is 5.11 Å². The van der Waals surface area contributed by atoms with Gasteiger partial charge in [0.15, 0.2) is 6.10 Å². The number of aromatic nitrogens is 1. The first-order valence-electron chi connectivity index (χ1n) is 4.40. The van der Waals surface area contributed by atoms with Gasteiger partial charge in [0.05, 0.1) is 17.5 Å². The van der Waals surface area contributed by atoms with Crippen molar-refractivity contribution < 1.29 is 23.2 Å². The van der Waals surface area contributed by atoms with Crippen LogP contribution in [-0.2, 0) is 0 Å². The van der Waals surface area contributed by atoms with Crippen molar-refractivity contribution in [3.8, 4) is 0 Å². The normalized spacial score (nSPS) is 13.2. The second-order valence-corrected chi connectivity index (χ2v) is 3.09. The molecule has 0 aliphatic carbocycles. The Morgan fingerprint density at radius 1 is 1.59 bits per heavy atom. The molecule has 0 bridgehead atoms. The second kappa shape index (κ2) is 4.95. The maximum Gasteiger partial charge on any atom is 0.416 e. The molecule has 1 aromatic rings. The fourth-order valence-corrected chi connectivity index (χ4v) is 0.947. The lowest BCUT2D eigenvalue weighted by Gasteiger charge is -2.15. The van der Waals surface area contributed by atoms with Crippen LogP contribution in [0.15, 0.2) is 18.3 Å². The van der Waals surface area contributed by atoms with Gasteiger partial charge in [-0.1, -0.05) is 0 Å². The lowest BCUT2D eigenvalue weighted by Crippen LogP contribution is -2.35. The van der Waals surface area contributed by atoms with Crippen LogP contribution < -0.4 is 5.32 Å². The molecule has 0 fully saturated rings. The highest BCUT2D eigenvalue weighted by atomic mass is 19.4. The molecule has 1 unspecified atom stereocenters. The van der Waals surface area contributed by atoms with Crippen LogP contribution in [0, 0.1) is 10.1 Å². The zero-order valence-electron chi connectivity index (χ0n) is 8.31. The molecule has 1 heterocycles. The molecule has 1 rings (SSSR count). The number of anilines is 1. The third kappa shape index (κ3) is 3.87. The van der Waals surface area contributed by atoms with E-state index in [1.165, 1.54) is 0 Å². The minimum Gasteiger partial charge on any atom is -0.382 e. The summed E-state index contributed by atoms with van der Waals surface area (Å²) in [5, 5.41) is 21.2. The van der Waals surface area contributed by atoms with E-state index in [1.807, 2.05) is 0 Å². The Kier molecular flexibility index (Phi) is 3.84. The fraction of sp³-hybridized carbons (Fsp3) is 0.375. The summed E-state index contributed by atoms with van der Waals surface area (Å²) in [6, 6.07) is 2.08. The Balaban J connectivity index is 2.64. The summed E-state index contributed by atoms with van der Waals surface area (Å²) in [5.74, 6) is -0.109. The molecule has 0 aromatic carbocycles. The molecule has 94 valence electrons. The van der Waals surface area contributed by atoms with Crippen molar-refractivity contribution in [2.24, 2.45) is 0 Å². The number of hydrogen-bond donors (Lipinski definition) is 2. The Hall–Kier alpha value is -1.90. The number of rotatable bonds is 4. The van der Waals surface area contributed by atoms with Gasteiger partial charge in [0.1, 0.15) is 5.82 Å². The first kappa shape index (κ1) is 13.2. The van der Waals surface area contributed by atoms with Gasteiger partial charge in [-0.2, -0.15) is 13.2 Å². The standard InChI is InChI=1S/C8H8F3N3O3/c9-8(10,11)6(15)4-13-7-3-5(14(16)17)1-2-12-7/h1-3,6,15H,4H2,(H,12,13). The van der Waals surface area contributed by atoms with Gasteiger partial charge in [0, 0.05) is 12.3 Å². The van der Waals surface area contributed by atoms with E-state index in [1.54, 1.807) is 0 Å². The van der Waals surface area contributed by atoms with Gasteiger partial charge in [-0.05, 0) is 0 Å². The smallest absolute Gasteiger partial charge is 0.382 e.